The molecule has 0 bridgehead atoms. The number of hydrogen-bond donors (Lipinski definition) is 9. The van der Waals surface area contributed by atoms with Gasteiger partial charge in [0.15, 0.2) is 0 Å². The van der Waals surface area contributed by atoms with Gasteiger partial charge in [0, 0.05) is 13.0 Å². The number of carbonyl (C=O) groups excluding carboxylic acids is 8. The fraction of sp³-hybridized carbons (Fsp3) is 0.583. The number of benzene rings is 1. The molecule has 1 saturated heterocycles. The Kier molecular flexibility index (Phi) is 18.6. The van der Waals surface area contributed by atoms with Gasteiger partial charge >= 0.3 is 18.2 Å². The van der Waals surface area contributed by atoms with Crippen molar-refractivity contribution in [3.05, 3.63) is 35.9 Å². The number of likely N-dealkylation sites (tertiary alicyclic amines) is 1. The van der Waals surface area contributed by atoms with Crippen molar-refractivity contribution in [3.63, 3.8) is 0 Å². The van der Waals surface area contributed by atoms with Crippen LogP contribution in [-0.4, -0.2) is 118 Å². The summed E-state index contributed by atoms with van der Waals surface area (Å²) in [7, 11) is 0. The number of aliphatic hydroxyl groups excluding tert-OH is 1. The average molecular weight is 807 g/mol. The van der Waals surface area contributed by atoms with Crippen LogP contribution in [0, 0.1) is 5.92 Å². The van der Waals surface area contributed by atoms with Gasteiger partial charge in [0.1, 0.15) is 42.4 Å². The van der Waals surface area contributed by atoms with Crippen molar-refractivity contribution < 1.29 is 62.8 Å². The molecule has 2 rings (SSSR count). The Morgan fingerprint density at radius 1 is 0.842 bits per heavy atom. The fourth-order valence-electron chi connectivity index (χ4n) is 5.55. The molecule has 0 radical (unpaired) electrons. The number of aliphatic carboxylic acids is 1. The lowest BCUT2D eigenvalue weighted by atomic mass is 10.0. The molecule has 0 spiro atoms. The van der Waals surface area contributed by atoms with Crippen LogP contribution in [0.3, 0.4) is 0 Å². The van der Waals surface area contributed by atoms with Crippen LogP contribution in [-0.2, 0) is 49.6 Å². The maximum absolute atomic E-state index is 14.0. The Morgan fingerprint density at radius 2 is 1.47 bits per heavy atom. The third kappa shape index (κ3) is 17.1. The Balaban J connectivity index is 2.18. The molecule has 1 aromatic rings. The van der Waals surface area contributed by atoms with Crippen LogP contribution in [0.5, 0.6) is 0 Å². The van der Waals surface area contributed by atoms with Gasteiger partial charge in [-0.05, 0) is 57.9 Å². The van der Waals surface area contributed by atoms with Crippen molar-refractivity contribution in [1.29, 1.82) is 0 Å². The Hall–Kier alpha value is -5.99. The van der Waals surface area contributed by atoms with E-state index in [4.69, 9.17) is 15.2 Å². The van der Waals surface area contributed by atoms with E-state index in [9.17, 15) is 53.4 Å². The lowest BCUT2D eigenvalue weighted by Crippen LogP contribution is -2.60. The molecule has 8 amide bonds. The molecule has 0 saturated carbocycles. The largest absolute Gasteiger partial charge is 0.481 e. The van der Waals surface area contributed by atoms with Gasteiger partial charge in [-0.3, -0.25) is 39.0 Å². The van der Waals surface area contributed by atoms with Crippen molar-refractivity contribution in [2.45, 2.75) is 116 Å². The number of carboxylic acids is 1. The molecule has 1 aromatic carbocycles. The SMILES string of the molecule is CC(C)C[C@H](NC(=O)[C@H](CC(=O)O)NC(=O)[C@H](CO)NC(=O)OCc1ccccc1)C(=O)N1CCC[C@H]1C(=O)N[C@@H](CCC(N)=O)C(=O)NNC(=O)OC(C)(C)C. The zero-order valence-corrected chi connectivity index (χ0v) is 32.6. The summed E-state index contributed by atoms with van der Waals surface area (Å²) >= 11 is 0. The number of nitrogens with one attached hydrogen (secondary N) is 6. The quantitative estimate of drug-likeness (QED) is 0.0764. The summed E-state index contributed by atoms with van der Waals surface area (Å²) in [6.45, 7) is 7.28. The summed E-state index contributed by atoms with van der Waals surface area (Å²) in [4.78, 5) is 116. The Bertz CT molecular complexity index is 1600. The summed E-state index contributed by atoms with van der Waals surface area (Å²) in [5.41, 5.74) is 9.19. The highest BCUT2D eigenvalue weighted by molar-refractivity contribution is 5.97. The first-order valence-electron chi connectivity index (χ1n) is 18.3. The predicted octanol–water partition coefficient (Wildman–Crippen LogP) is -0.939. The van der Waals surface area contributed by atoms with Gasteiger partial charge in [0.25, 0.3) is 5.91 Å². The van der Waals surface area contributed by atoms with E-state index in [1.807, 2.05) is 0 Å². The summed E-state index contributed by atoms with van der Waals surface area (Å²) in [5.74, 6) is -7.08. The molecule has 0 aliphatic carbocycles. The maximum Gasteiger partial charge on any atom is 0.426 e. The number of primary amides is 1. The van der Waals surface area contributed by atoms with Crippen molar-refractivity contribution in [1.82, 2.24) is 37.0 Å². The fourth-order valence-corrected chi connectivity index (χ4v) is 5.55. The first kappa shape index (κ1) is 47.2. The standard InChI is InChI=1S/C36H54N8O13/c1-20(2)16-24(40-29(49)23(17-28(47)48)39-30(50)25(18-45)41-34(54)56-19-21-10-7-6-8-11-21)33(53)44-15-9-12-26(44)32(52)38-22(13-14-27(37)46)31(51)42-43-35(55)57-36(3,4)5/h6-8,10-11,20,22-26,45H,9,12-19H2,1-5H3,(H2,37,46)(H,38,52)(H,39,50)(H,40,49)(H,41,54)(H,42,51)(H,43,55)(H,47,48)/t22-,23-,24-,25-,26-/m0/s1. The molecular formula is C36H54N8O13. The highest BCUT2D eigenvalue weighted by Crippen LogP contribution is 2.21. The summed E-state index contributed by atoms with van der Waals surface area (Å²) in [6.07, 6.45) is -3.05. The van der Waals surface area contributed by atoms with Crippen LogP contribution in [0.1, 0.15) is 78.7 Å². The first-order chi connectivity index (χ1) is 26.7. The minimum Gasteiger partial charge on any atom is -0.481 e. The lowest BCUT2D eigenvalue weighted by Gasteiger charge is -2.31. The molecule has 1 aliphatic rings. The number of hydrogen-bond acceptors (Lipinski definition) is 12. The van der Waals surface area contributed by atoms with E-state index in [2.05, 4.69) is 32.1 Å². The second-order valence-corrected chi connectivity index (χ2v) is 14.7. The first-order valence-corrected chi connectivity index (χ1v) is 18.3. The van der Waals surface area contributed by atoms with Gasteiger partial charge in [-0.1, -0.05) is 44.2 Å². The highest BCUT2D eigenvalue weighted by atomic mass is 16.6. The normalized spacial score (nSPS) is 15.8. The van der Waals surface area contributed by atoms with E-state index in [-0.39, 0.29) is 44.8 Å². The van der Waals surface area contributed by atoms with Crippen LogP contribution in [0.25, 0.3) is 0 Å². The topological polar surface area (TPSA) is 314 Å². The van der Waals surface area contributed by atoms with Crippen LogP contribution < -0.4 is 37.9 Å². The monoisotopic (exact) mass is 806 g/mol. The van der Waals surface area contributed by atoms with Crippen molar-refractivity contribution >= 4 is 53.6 Å². The smallest absolute Gasteiger partial charge is 0.426 e. The van der Waals surface area contributed by atoms with E-state index < -0.39 is 102 Å². The molecule has 316 valence electrons. The van der Waals surface area contributed by atoms with Gasteiger partial charge < -0.3 is 51.6 Å². The van der Waals surface area contributed by atoms with Crippen LogP contribution >= 0.6 is 0 Å². The van der Waals surface area contributed by atoms with E-state index in [0.29, 0.717) is 12.0 Å². The van der Waals surface area contributed by atoms with Gasteiger partial charge in [0.2, 0.25) is 29.5 Å². The number of carboxylic acid groups (broad SMARTS) is 1. The van der Waals surface area contributed by atoms with E-state index in [1.165, 1.54) is 4.90 Å². The minimum atomic E-state index is -1.77. The van der Waals surface area contributed by atoms with Crippen molar-refractivity contribution in [2.75, 3.05) is 13.2 Å². The Morgan fingerprint density at radius 3 is 2.05 bits per heavy atom. The zero-order chi connectivity index (χ0) is 42.9. The lowest BCUT2D eigenvalue weighted by molar-refractivity contribution is -0.144. The summed E-state index contributed by atoms with van der Waals surface area (Å²) in [5, 5.41) is 28.7. The number of alkyl carbamates (subject to hydrolysis) is 1. The molecule has 21 heteroatoms. The van der Waals surface area contributed by atoms with Crippen LogP contribution in [0.15, 0.2) is 30.3 Å². The van der Waals surface area contributed by atoms with Crippen molar-refractivity contribution in [3.8, 4) is 0 Å². The number of ether oxygens (including phenoxy) is 2. The number of aliphatic hydroxyl groups is 1. The van der Waals surface area contributed by atoms with E-state index in [0.717, 1.165) is 0 Å². The number of nitrogens with two attached hydrogens (primary N) is 1. The number of hydrazine groups is 1. The van der Waals surface area contributed by atoms with Gasteiger partial charge in [0.05, 0.1) is 13.0 Å². The number of nitrogens with zero attached hydrogens (tertiary/aromatic N) is 1. The molecule has 10 N–H and O–H groups in total. The summed E-state index contributed by atoms with van der Waals surface area (Å²) < 4.78 is 10.1. The number of carbonyl (C=O) groups is 9. The van der Waals surface area contributed by atoms with Gasteiger partial charge in [-0.2, -0.15) is 0 Å². The molecule has 0 unspecified atom stereocenters. The minimum absolute atomic E-state index is 0.0250. The Labute approximate surface area is 329 Å². The molecule has 5 atom stereocenters. The number of amides is 8. The highest BCUT2D eigenvalue weighted by Gasteiger charge is 2.40. The van der Waals surface area contributed by atoms with E-state index >= 15 is 0 Å². The predicted molar refractivity (Wildman–Crippen MR) is 199 cm³/mol. The summed E-state index contributed by atoms with van der Waals surface area (Å²) in [6, 6.07) is 1.33. The zero-order valence-electron chi connectivity index (χ0n) is 32.6. The number of rotatable bonds is 19. The van der Waals surface area contributed by atoms with E-state index in [1.54, 1.807) is 65.0 Å². The molecule has 1 heterocycles. The van der Waals surface area contributed by atoms with Crippen LogP contribution in [0.2, 0.25) is 0 Å². The van der Waals surface area contributed by atoms with Gasteiger partial charge in [-0.15, -0.1) is 0 Å². The second kappa shape index (κ2) is 22.5. The maximum atomic E-state index is 14.0. The molecule has 0 aromatic heterocycles. The second-order valence-electron chi connectivity index (χ2n) is 14.7. The molecule has 21 nitrogen and oxygen atoms in total. The molecular weight excluding hydrogens is 752 g/mol. The average Bonchev–Trinajstić information content (AvgIpc) is 3.62. The van der Waals surface area contributed by atoms with Crippen LogP contribution in [0.4, 0.5) is 9.59 Å². The van der Waals surface area contributed by atoms with Crippen molar-refractivity contribution in [2.24, 2.45) is 11.7 Å². The molecule has 1 fully saturated rings. The third-order valence-corrected chi connectivity index (χ3v) is 8.17. The van der Waals surface area contributed by atoms with Gasteiger partial charge in [-0.25, -0.2) is 15.0 Å². The molecule has 57 heavy (non-hydrogen) atoms. The third-order valence-electron chi connectivity index (χ3n) is 8.17. The molecule has 1 aliphatic heterocycles.